The summed E-state index contributed by atoms with van der Waals surface area (Å²) in [7, 11) is 0. The summed E-state index contributed by atoms with van der Waals surface area (Å²) in [6.07, 6.45) is 6.30. The van der Waals surface area contributed by atoms with Crippen LogP contribution in [0.1, 0.15) is 46.2 Å². The highest BCUT2D eigenvalue weighted by Crippen LogP contribution is 2.04. The van der Waals surface area contributed by atoms with Gasteiger partial charge in [0.1, 0.15) is 23.3 Å². The molecule has 0 unspecified atom stereocenters. The van der Waals surface area contributed by atoms with Crippen LogP contribution in [-0.4, -0.2) is 26.5 Å². The van der Waals surface area contributed by atoms with Gasteiger partial charge in [-0.15, -0.1) is 0 Å². The van der Waals surface area contributed by atoms with Crippen molar-refractivity contribution in [3.63, 3.8) is 0 Å². The Bertz CT molecular complexity index is 683. The van der Waals surface area contributed by atoms with Gasteiger partial charge in [0.25, 0.3) is 5.69 Å². The quantitative estimate of drug-likeness (QED) is 0.610. The molecule has 2 rings (SSSR count). The summed E-state index contributed by atoms with van der Waals surface area (Å²) in [4.78, 5) is 35.5. The number of carbonyl (C=O) groups is 2. The first-order valence-electron chi connectivity index (χ1n) is 6.17. The zero-order valence-corrected chi connectivity index (χ0v) is 11.6. The highest BCUT2D eigenvalue weighted by Gasteiger charge is 2.20. The van der Waals surface area contributed by atoms with Crippen molar-refractivity contribution in [2.24, 2.45) is 0 Å². The topological polar surface area (TPSA) is 76.7 Å². The van der Waals surface area contributed by atoms with Crippen LogP contribution in [0.4, 0.5) is 0 Å². The van der Waals surface area contributed by atoms with Gasteiger partial charge in [-0.1, -0.05) is 0 Å². The van der Waals surface area contributed by atoms with Crippen molar-refractivity contribution in [1.29, 1.82) is 0 Å². The Kier molecular flexibility index (Phi) is 3.93. The van der Waals surface area contributed by atoms with E-state index in [9.17, 15) is 9.59 Å². The van der Waals surface area contributed by atoms with E-state index in [-0.39, 0.29) is 11.6 Å². The third-order valence-corrected chi connectivity index (χ3v) is 2.83. The second-order valence-electron chi connectivity index (χ2n) is 4.51. The van der Waals surface area contributed by atoms with Gasteiger partial charge >= 0.3 is 0 Å². The Labute approximate surface area is 116 Å². The van der Waals surface area contributed by atoms with Gasteiger partial charge in [-0.2, -0.15) is 4.57 Å². The van der Waals surface area contributed by atoms with Crippen LogP contribution in [0.2, 0.25) is 0 Å². The smallest absolute Gasteiger partial charge is 0.267 e. The standard InChI is InChI=1S/C14H15N4O2/c1-9-7-18(13(6-17-9)10(2)19)8-12-14(11(3)20)16-5-4-15-12/h4-7H,8H2,1-3H3/q+1. The fraction of sp³-hybridized carbons (Fsp3) is 0.286. The Hall–Kier alpha value is -2.50. The van der Waals surface area contributed by atoms with Crippen molar-refractivity contribution in [1.82, 2.24) is 15.0 Å². The van der Waals surface area contributed by atoms with Crippen molar-refractivity contribution in [3.05, 3.63) is 47.6 Å². The van der Waals surface area contributed by atoms with Gasteiger partial charge in [0.05, 0.1) is 0 Å². The first-order valence-corrected chi connectivity index (χ1v) is 6.17. The lowest BCUT2D eigenvalue weighted by molar-refractivity contribution is -0.691. The minimum atomic E-state index is -0.149. The molecular weight excluding hydrogens is 256 g/mol. The monoisotopic (exact) mass is 271 g/mol. The van der Waals surface area contributed by atoms with Crippen molar-refractivity contribution in [3.8, 4) is 0 Å². The predicted octanol–water partition coefficient (Wildman–Crippen LogP) is 0.921. The molecule has 0 saturated carbocycles. The van der Waals surface area contributed by atoms with E-state index in [1.165, 1.54) is 32.4 Å². The average molecular weight is 271 g/mol. The van der Waals surface area contributed by atoms with Crippen LogP contribution in [0.25, 0.3) is 0 Å². The number of ketones is 2. The van der Waals surface area contributed by atoms with Crippen LogP contribution in [0.3, 0.4) is 0 Å². The van der Waals surface area contributed by atoms with Crippen LogP contribution in [0.15, 0.2) is 24.8 Å². The lowest BCUT2D eigenvalue weighted by Gasteiger charge is -2.04. The van der Waals surface area contributed by atoms with E-state index in [1.54, 1.807) is 10.8 Å². The largest absolute Gasteiger partial charge is 0.293 e. The first-order chi connectivity index (χ1) is 9.49. The number of hydrogen-bond donors (Lipinski definition) is 0. The molecule has 0 radical (unpaired) electrons. The van der Waals surface area contributed by atoms with Crippen LogP contribution in [-0.2, 0) is 6.54 Å². The minimum Gasteiger partial charge on any atom is -0.293 e. The molecule has 0 aliphatic carbocycles. The molecule has 0 aliphatic heterocycles. The maximum Gasteiger partial charge on any atom is 0.267 e. The molecule has 0 fully saturated rings. The molecule has 0 aromatic carbocycles. The summed E-state index contributed by atoms with van der Waals surface area (Å²) >= 11 is 0. The fourth-order valence-electron chi connectivity index (χ4n) is 1.93. The van der Waals surface area contributed by atoms with Gasteiger partial charge in [0, 0.05) is 26.2 Å². The first kappa shape index (κ1) is 13.9. The van der Waals surface area contributed by atoms with Gasteiger partial charge in [-0.05, 0) is 6.92 Å². The third-order valence-electron chi connectivity index (χ3n) is 2.83. The molecule has 0 atom stereocenters. The van der Waals surface area contributed by atoms with Gasteiger partial charge < -0.3 is 0 Å². The van der Waals surface area contributed by atoms with E-state index in [0.29, 0.717) is 23.6 Å². The van der Waals surface area contributed by atoms with Gasteiger partial charge in [0.15, 0.2) is 18.5 Å². The molecule has 0 saturated heterocycles. The Morgan fingerprint density at radius 1 is 1.10 bits per heavy atom. The number of nitrogens with zero attached hydrogens (tertiary/aromatic N) is 4. The second-order valence-corrected chi connectivity index (χ2v) is 4.51. The number of aromatic nitrogens is 4. The molecule has 6 heteroatoms. The maximum absolute atomic E-state index is 11.6. The summed E-state index contributed by atoms with van der Waals surface area (Å²) in [6, 6.07) is 0. The van der Waals surface area contributed by atoms with Gasteiger partial charge in [-0.3, -0.25) is 14.6 Å². The zero-order chi connectivity index (χ0) is 14.7. The third kappa shape index (κ3) is 2.90. The van der Waals surface area contributed by atoms with E-state index in [2.05, 4.69) is 15.0 Å². The summed E-state index contributed by atoms with van der Waals surface area (Å²) in [6.45, 7) is 5.07. The Balaban J connectivity index is 2.47. The van der Waals surface area contributed by atoms with Crippen molar-refractivity contribution >= 4 is 11.6 Å². The van der Waals surface area contributed by atoms with Crippen molar-refractivity contribution < 1.29 is 14.2 Å². The van der Waals surface area contributed by atoms with Crippen LogP contribution in [0, 0.1) is 6.92 Å². The fourth-order valence-corrected chi connectivity index (χ4v) is 1.93. The summed E-state index contributed by atoms with van der Waals surface area (Å²) in [5, 5.41) is 0. The molecule has 2 aromatic rings. The maximum atomic E-state index is 11.6. The predicted molar refractivity (Wildman–Crippen MR) is 70.3 cm³/mol. The number of hydrogen-bond acceptors (Lipinski definition) is 5. The molecule has 0 amide bonds. The molecule has 2 aromatic heterocycles. The number of aryl methyl sites for hydroxylation is 1. The molecule has 0 bridgehead atoms. The van der Waals surface area contributed by atoms with Gasteiger partial charge in [-0.25, -0.2) is 9.97 Å². The van der Waals surface area contributed by atoms with Gasteiger partial charge in [0.2, 0.25) is 5.78 Å². The molecule has 2 heterocycles. The van der Waals surface area contributed by atoms with E-state index in [4.69, 9.17) is 0 Å². The van der Waals surface area contributed by atoms with Crippen LogP contribution >= 0.6 is 0 Å². The molecule has 20 heavy (non-hydrogen) atoms. The molecule has 0 aliphatic rings. The Morgan fingerprint density at radius 2 is 1.80 bits per heavy atom. The van der Waals surface area contributed by atoms with Crippen LogP contribution < -0.4 is 4.57 Å². The minimum absolute atomic E-state index is 0.0919. The normalized spacial score (nSPS) is 10.3. The Morgan fingerprint density at radius 3 is 2.45 bits per heavy atom. The summed E-state index contributed by atoms with van der Waals surface area (Å²) < 4.78 is 1.74. The SMILES string of the molecule is CC(=O)c1nccnc1C[n+]1cc(C)ncc1C(C)=O. The zero-order valence-electron chi connectivity index (χ0n) is 11.6. The number of carbonyl (C=O) groups excluding carboxylic acids is 2. The highest BCUT2D eigenvalue weighted by molar-refractivity contribution is 5.93. The number of Topliss-reactive ketones (excluding diaryl/α,β-unsaturated/α-hetero) is 2. The lowest BCUT2D eigenvalue weighted by Crippen LogP contribution is -2.42. The van der Waals surface area contributed by atoms with Crippen molar-refractivity contribution in [2.75, 3.05) is 0 Å². The average Bonchev–Trinajstić information content (AvgIpc) is 2.38. The summed E-state index contributed by atoms with van der Waals surface area (Å²) in [5.74, 6) is -0.241. The van der Waals surface area contributed by atoms with E-state index >= 15 is 0 Å². The highest BCUT2D eigenvalue weighted by atomic mass is 16.1. The molecule has 6 nitrogen and oxygen atoms in total. The lowest BCUT2D eigenvalue weighted by atomic mass is 10.2. The molecule has 0 spiro atoms. The van der Waals surface area contributed by atoms with E-state index in [1.807, 2.05) is 6.92 Å². The van der Waals surface area contributed by atoms with E-state index < -0.39 is 0 Å². The van der Waals surface area contributed by atoms with Crippen LogP contribution in [0.5, 0.6) is 0 Å². The molecule has 0 N–H and O–H groups in total. The molecular formula is C14H15N4O2+. The molecule has 102 valence electrons. The van der Waals surface area contributed by atoms with Crippen molar-refractivity contribution in [2.45, 2.75) is 27.3 Å². The second kappa shape index (κ2) is 5.64. The van der Waals surface area contributed by atoms with E-state index in [0.717, 1.165) is 5.69 Å². The number of rotatable bonds is 4. The summed E-state index contributed by atoms with van der Waals surface area (Å²) in [5.41, 5.74) is 2.11.